The molecule has 6 heteroatoms. The zero-order chi connectivity index (χ0) is 16.3. The van der Waals surface area contributed by atoms with E-state index in [1.807, 2.05) is 13.1 Å². The maximum atomic E-state index is 12.2. The Morgan fingerprint density at radius 3 is 2.70 bits per heavy atom. The molecule has 1 atom stereocenters. The standard InChI is InChI=1S/C17H13NO5/c1-8-5-11(19)15-12(20)6-13-14(16(15)22-8)9-3-4-18(2)7-10(9)17(21)23-13/h3,5-7,20H,4H2,1-2H3. The summed E-state index contributed by atoms with van der Waals surface area (Å²) in [5.41, 5.74) is -0.569. The summed E-state index contributed by atoms with van der Waals surface area (Å²) in [7, 11) is 1.92. The van der Waals surface area contributed by atoms with Crippen LogP contribution in [0.2, 0.25) is 0 Å². The fourth-order valence-corrected chi connectivity index (χ4v) is 3.05. The van der Waals surface area contributed by atoms with Gasteiger partial charge < -0.3 is 18.8 Å². The third-order valence-electron chi connectivity index (χ3n) is 4.05. The number of nitrogens with one attached hydrogen (secondary N) is 1. The van der Waals surface area contributed by atoms with Crippen molar-refractivity contribution in [2.45, 2.75) is 6.92 Å². The van der Waals surface area contributed by atoms with Crippen molar-refractivity contribution >= 4 is 34.2 Å². The Morgan fingerprint density at radius 1 is 1.13 bits per heavy atom. The van der Waals surface area contributed by atoms with Gasteiger partial charge in [0, 0.05) is 11.3 Å². The first-order valence-corrected chi connectivity index (χ1v) is 7.21. The lowest BCUT2D eigenvalue weighted by Crippen LogP contribution is -3.05. The first-order chi connectivity index (χ1) is 11.0. The van der Waals surface area contributed by atoms with E-state index in [1.54, 1.807) is 13.1 Å². The van der Waals surface area contributed by atoms with E-state index in [0.29, 0.717) is 28.1 Å². The third kappa shape index (κ3) is 1.92. The number of hydrogen-bond acceptors (Lipinski definition) is 5. The van der Waals surface area contributed by atoms with Gasteiger partial charge in [-0.2, -0.15) is 0 Å². The molecule has 1 aromatic carbocycles. The molecule has 0 saturated carbocycles. The summed E-state index contributed by atoms with van der Waals surface area (Å²) in [5, 5.41) is 13.8. The lowest BCUT2D eigenvalue weighted by molar-refractivity contribution is -0.785. The van der Waals surface area contributed by atoms with E-state index in [-0.39, 0.29) is 16.6 Å². The molecule has 0 saturated heterocycles. The predicted octanol–water partition coefficient (Wildman–Crippen LogP) is -1.67. The van der Waals surface area contributed by atoms with Crippen LogP contribution in [0, 0.1) is 6.92 Å². The molecular weight excluding hydrogens is 298 g/mol. The monoisotopic (exact) mass is 311 g/mol. The number of benzene rings is 1. The van der Waals surface area contributed by atoms with Gasteiger partial charge in [0.1, 0.15) is 34.9 Å². The van der Waals surface area contributed by atoms with E-state index >= 15 is 0 Å². The Labute approximate surface area is 129 Å². The summed E-state index contributed by atoms with van der Waals surface area (Å²) in [6, 6.07) is 2.47. The second-order valence-corrected chi connectivity index (χ2v) is 5.79. The van der Waals surface area contributed by atoms with Crippen molar-refractivity contribution in [3.63, 3.8) is 0 Å². The summed E-state index contributed by atoms with van der Waals surface area (Å²) < 4.78 is 11.0. The van der Waals surface area contributed by atoms with Crippen LogP contribution in [0.4, 0.5) is 0 Å². The van der Waals surface area contributed by atoms with Crippen molar-refractivity contribution < 1.29 is 18.8 Å². The average molecular weight is 311 g/mol. The summed E-state index contributed by atoms with van der Waals surface area (Å²) in [5.74, 6) is -0.108. The Bertz CT molecular complexity index is 1220. The second kappa shape index (κ2) is 4.57. The van der Waals surface area contributed by atoms with Crippen LogP contribution in [-0.4, -0.2) is 13.6 Å². The topological polar surface area (TPSA) is 87.9 Å². The quantitative estimate of drug-likeness (QED) is 0.396. The van der Waals surface area contributed by atoms with Gasteiger partial charge in [0.05, 0.1) is 17.8 Å². The smallest absolute Gasteiger partial charge is 0.349 e. The molecule has 6 nitrogen and oxygen atoms in total. The van der Waals surface area contributed by atoms with Crippen LogP contribution >= 0.6 is 0 Å². The molecule has 1 N–H and O–H groups in total. The normalized spacial score (nSPS) is 16.9. The lowest BCUT2D eigenvalue weighted by Gasteiger charge is -2.14. The first kappa shape index (κ1) is 13.8. The molecular formula is C17H13NO5. The van der Waals surface area contributed by atoms with Crippen LogP contribution in [0.25, 0.3) is 34.2 Å². The molecule has 116 valence electrons. The minimum Gasteiger partial charge on any atom is -0.872 e. The maximum absolute atomic E-state index is 12.2. The molecule has 0 bridgehead atoms. The van der Waals surface area contributed by atoms with Crippen LogP contribution in [0.15, 0.2) is 30.6 Å². The molecule has 1 unspecified atom stereocenters. The Hall–Kier alpha value is -2.86. The van der Waals surface area contributed by atoms with Gasteiger partial charge in [-0.05, 0) is 19.1 Å². The molecule has 0 aliphatic carbocycles. The number of hydrogen-bond donors (Lipinski definition) is 1. The van der Waals surface area contributed by atoms with Crippen molar-refractivity contribution in [2.24, 2.45) is 0 Å². The average Bonchev–Trinajstić information content (AvgIpc) is 2.46. The van der Waals surface area contributed by atoms with Gasteiger partial charge in [-0.1, -0.05) is 5.75 Å². The maximum Gasteiger partial charge on any atom is 0.349 e. The highest BCUT2D eigenvalue weighted by atomic mass is 16.4. The van der Waals surface area contributed by atoms with Crippen molar-refractivity contribution in [2.75, 3.05) is 13.6 Å². The number of quaternary nitrogens is 1. The number of rotatable bonds is 0. The predicted molar refractivity (Wildman–Crippen MR) is 82.6 cm³/mol. The van der Waals surface area contributed by atoms with Gasteiger partial charge in [-0.15, -0.1) is 0 Å². The molecule has 23 heavy (non-hydrogen) atoms. The summed E-state index contributed by atoms with van der Waals surface area (Å²) in [4.78, 5) is 25.4. The molecule has 3 aromatic rings. The van der Waals surface area contributed by atoms with Crippen molar-refractivity contribution in [3.8, 4) is 5.75 Å². The molecule has 0 spiro atoms. The van der Waals surface area contributed by atoms with Gasteiger partial charge in [-0.3, -0.25) is 4.79 Å². The molecule has 0 amide bonds. The summed E-state index contributed by atoms with van der Waals surface area (Å²) in [6.45, 7) is 2.33. The minimum absolute atomic E-state index is 0.0150. The largest absolute Gasteiger partial charge is 0.872 e. The molecule has 3 heterocycles. The number of fused-ring (bicyclic) bond motifs is 5. The zero-order valence-corrected chi connectivity index (χ0v) is 12.6. The highest BCUT2D eigenvalue weighted by Gasteiger charge is 2.16. The van der Waals surface area contributed by atoms with Crippen molar-refractivity contribution in [1.29, 1.82) is 0 Å². The molecule has 0 radical (unpaired) electrons. The van der Waals surface area contributed by atoms with E-state index in [9.17, 15) is 14.7 Å². The van der Waals surface area contributed by atoms with E-state index in [2.05, 4.69) is 0 Å². The Morgan fingerprint density at radius 2 is 1.91 bits per heavy atom. The molecule has 1 aliphatic rings. The van der Waals surface area contributed by atoms with Gasteiger partial charge in [0.2, 0.25) is 0 Å². The molecule has 1 aliphatic heterocycles. The van der Waals surface area contributed by atoms with Crippen LogP contribution < -0.4 is 31.5 Å². The zero-order valence-electron chi connectivity index (χ0n) is 12.6. The van der Waals surface area contributed by atoms with Crippen molar-refractivity contribution in [1.82, 2.24) is 0 Å². The fourth-order valence-electron chi connectivity index (χ4n) is 3.05. The fraction of sp³-hybridized carbons (Fsp3) is 0.176. The number of aryl methyl sites for hydroxylation is 1. The van der Waals surface area contributed by atoms with Gasteiger partial charge >= 0.3 is 5.63 Å². The Balaban J connectivity index is 2.42. The minimum atomic E-state index is -0.508. The van der Waals surface area contributed by atoms with Crippen molar-refractivity contribution in [3.05, 3.63) is 49.0 Å². The van der Waals surface area contributed by atoms with Crippen LogP contribution in [0.5, 0.6) is 5.75 Å². The molecule has 0 fully saturated rings. The van der Waals surface area contributed by atoms with E-state index in [4.69, 9.17) is 8.83 Å². The SMILES string of the molecule is Cc1cc(=O)c2c([O-])cc3oc(=O)c4c(c3c2o1)=CC[NH+](C)C=4. The first-order valence-electron chi connectivity index (χ1n) is 7.21. The summed E-state index contributed by atoms with van der Waals surface area (Å²) in [6.07, 6.45) is 3.67. The second-order valence-electron chi connectivity index (χ2n) is 5.79. The van der Waals surface area contributed by atoms with Gasteiger partial charge in [0.15, 0.2) is 5.43 Å². The third-order valence-corrected chi connectivity index (χ3v) is 4.05. The van der Waals surface area contributed by atoms with Gasteiger partial charge in [-0.25, -0.2) is 4.79 Å². The molecule has 4 rings (SSSR count). The van der Waals surface area contributed by atoms with Gasteiger partial charge in [0.25, 0.3) is 0 Å². The van der Waals surface area contributed by atoms with E-state index in [1.165, 1.54) is 12.1 Å². The van der Waals surface area contributed by atoms with Crippen LogP contribution in [0.3, 0.4) is 0 Å². The van der Waals surface area contributed by atoms with Crippen LogP contribution in [0.1, 0.15) is 5.76 Å². The van der Waals surface area contributed by atoms with Crippen LogP contribution in [-0.2, 0) is 0 Å². The lowest BCUT2D eigenvalue weighted by atomic mass is 10.1. The molecule has 2 aromatic heterocycles. The van der Waals surface area contributed by atoms with E-state index in [0.717, 1.165) is 4.90 Å². The Kier molecular flexibility index (Phi) is 2.74. The highest BCUT2D eigenvalue weighted by Crippen LogP contribution is 2.26. The van der Waals surface area contributed by atoms with E-state index < -0.39 is 16.8 Å². The summed E-state index contributed by atoms with van der Waals surface area (Å²) >= 11 is 0. The highest BCUT2D eigenvalue weighted by molar-refractivity contribution is 6.05.